The molecule has 70 valence electrons. The molecule has 12 heavy (non-hydrogen) atoms. The SMILES string of the molecule is CC(C)[C@H](O)[C@H]1COC(=O)N1C. The van der Waals surface area contributed by atoms with E-state index in [9.17, 15) is 9.90 Å². The van der Waals surface area contributed by atoms with Crippen molar-refractivity contribution in [2.24, 2.45) is 5.92 Å². The third kappa shape index (κ3) is 1.53. The van der Waals surface area contributed by atoms with Crippen LogP contribution in [0, 0.1) is 5.92 Å². The summed E-state index contributed by atoms with van der Waals surface area (Å²) in [7, 11) is 1.64. The van der Waals surface area contributed by atoms with Crippen LogP contribution < -0.4 is 0 Å². The zero-order valence-corrected chi connectivity index (χ0v) is 7.65. The van der Waals surface area contributed by atoms with Gasteiger partial charge in [0.25, 0.3) is 0 Å². The number of hydrogen-bond acceptors (Lipinski definition) is 3. The van der Waals surface area contributed by atoms with Gasteiger partial charge in [-0.3, -0.25) is 0 Å². The van der Waals surface area contributed by atoms with Crippen LogP contribution in [-0.4, -0.2) is 41.9 Å². The maximum absolute atomic E-state index is 10.9. The van der Waals surface area contributed by atoms with Gasteiger partial charge in [-0.15, -0.1) is 0 Å². The van der Waals surface area contributed by atoms with Crippen molar-refractivity contribution in [3.63, 3.8) is 0 Å². The fourth-order valence-electron chi connectivity index (χ4n) is 1.28. The van der Waals surface area contributed by atoms with Crippen molar-refractivity contribution in [3.05, 3.63) is 0 Å². The largest absolute Gasteiger partial charge is 0.447 e. The van der Waals surface area contributed by atoms with E-state index in [0.717, 1.165) is 0 Å². The Hall–Kier alpha value is -0.770. The first kappa shape index (κ1) is 9.32. The molecule has 1 rings (SSSR count). The van der Waals surface area contributed by atoms with Crippen LogP contribution in [0.3, 0.4) is 0 Å². The summed E-state index contributed by atoms with van der Waals surface area (Å²) in [6.07, 6.45) is -0.846. The maximum atomic E-state index is 10.9. The summed E-state index contributed by atoms with van der Waals surface area (Å²) < 4.78 is 4.78. The summed E-state index contributed by atoms with van der Waals surface area (Å²) in [5, 5.41) is 9.64. The normalized spacial score (nSPS) is 26.2. The molecule has 1 heterocycles. The summed E-state index contributed by atoms with van der Waals surface area (Å²) in [6.45, 7) is 4.14. The lowest BCUT2D eigenvalue weighted by Gasteiger charge is -2.24. The molecule has 1 amide bonds. The highest BCUT2D eigenvalue weighted by Gasteiger charge is 2.35. The number of hydrogen-bond donors (Lipinski definition) is 1. The number of amides is 1. The molecular formula is C8H15NO3. The summed E-state index contributed by atoms with van der Waals surface area (Å²) in [5.74, 6) is 0.145. The maximum Gasteiger partial charge on any atom is 0.410 e. The standard InChI is InChI=1S/C8H15NO3/c1-5(2)7(10)6-4-12-8(11)9(6)3/h5-7,10H,4H2,1-3H3/t6-,7+/m1/s1. The van der Waals surface area contributed by atoms with Crippen LogP contribution >= 0.6 is 0 Å². The molecule has 2 atom stereocenters. The van der Waals surface area contributed by atoms with Crippen molar-refractivity contribution in [1.82, 2.24) is 4.90 Å². The van der Waals surface area contributed by atoms with Gasteiger partial charge >= 0.3 is 6.09 Å². The zero-order chi connectivity index (χ0) is 9.30. The lowest BCUT2D eigenvalue weighted by Crippen LogP contribution is -2.42. The van der Waals surface area contributed by atoms with Gasteiger partial charge in [-0.25, -0.2) is 4.79 Å². The fourth-order valence-corrected chi connectivity index (χ4v) is 1.28. The number of likely N-dealkylation sites (N-methyl/N-ethyl adjacent to an activating group) is 1. The number of nitrogens with zero attached hydrogens (tertiary/aromatic N) is 1. The highest BCUT2D eigenvalue weighted by Crippen LogP contribution is 2.17. The molecular weight excluding hydrogens is 158 g/mol. The van der Waals surface area contributed by atoms with Gasteiger partial charge in [-0.2, -0.15) is 0 Å². The average Bonchev–Trinajstić information content (AvgIpc) is 2.32. The van der Waals surface area contributed by atoms with Crippen LogP contribution in [0.5, 0.6) is 0 Å². The third-order valence-corrected chi connectivity index (χ3v) is 2.24. The van der Waals surface area contributed by atoms with Crippen molar-refractivity contribution in [1.29, 1.82) is 0 Å². The molecule has 0 radical (unpaired) electrons. The van der Waals surface area contributed by atoms with E-state index in [1.54, 1.807) is 7.05 Å². The van der Waals surface area contributed by atoms with E-state index >= 15 is 0 Å². The fraction of sp³-hybridized carbons (Fsp3) is 0.875. The molecule has 1 saturated heterocycles. The van der Waals surface area contributed by atoms with Crippen LogP contribution in [0.25, 0.3) is 0 Å². The van der Waals surface area contributed by atoms with Gasteiger partial charge in [0.1, 0.15) is 6.61 Å². The van der Waals surface area contributed by atoms with E-state index in [1.807, 2.05) is 13.8 Å². The predicted molar refractivity (Wildman–Crippen MR) is 43.7 cm³/mol. The third-order valence-electron chi connectivity index (χ3n) is 2.24. The van der Waals surface area contributed by atoms with Crippen LogP contribution in [-0.2, 0) is 4.74 Å². The molecule has 1 aliphatic rings. The minimum atomic E-state index is -0.499. The Morgan fingerprint density at radius 3 is 2.58 bits per heavy atom. The molecule has 1 aliphatic heterocycles. The van der Waals surface area contributed by atoms with Gasteiger partial charge in [0, 0.05) is 7.05 Å². The van der Waals surface area contributed by atoms with E-state index in [1.165, 1.54) is 4.90 Å². The first-order chi connectivity index (χ1) is 5.54. The van der Waals surface area contributed by atoms with Crippen molar-refractivity contribution >= 4 is 6.09 Å². The van der Waals surface area contributed by atoms with Crippen molar-refractivity contribution < 1.29 is 14.6 Å². The van der Waals surface area contributed by atoms with Gasteiger partial charge < -0.3 is 14.7 Å². The number of carbonyl (C=O) groups excluding carboxylic acids is 1. The van der Waals surface area contributed by atoms with Crippen LogP contribution in [0.4, 0.5) is 4.79 Å². The Bertz CT molecular complexity index is 181. The Labute approximate surface area is 72.1 Å². The van der Waals surface area contributed by atoms with Crippen molar-refractivity contribution in [2.45, 2.75) is 26.0 Å². The molecule has 0 bridgehead atoms. The van der Waals surface area contributed by atoms with E-state index < -0.39 is 6.10 Å². The Morgan fingerprint density at radius 1 is 1.67 bits per heavy atom. The van der Waals surface area contributed by atoms with Gasteiger partial charge in [0.05, 0.1) is 12.1 Å². The summed E-state index contributed by atoms with van der Waals surface area (Å²) in [4.78, 5) is 12.4. The summed E-state index contributed by atoms with van der Waals surface area (Å²) in [6, 6.07) is -0.183. The Kier molecular flexibility index (Phi) is 2.57. The second kappa shape index (κ2) is 3.31. The minimum absolute atomic E-state index is 0.145. The quantitative estimate of drug-likeness (QED) is 0.659. The second-order valence-corrected chi connectivity index (χ2v) is 3.49. The number of ether oxygens (including phenoxy) is 1. The number of carbonyl (C=O) groups is 1. The smallest absolute Gasteiger partial charge is 0.410 e. The first-order valence-electron chi connectivity index (χ1n) is 4.11. The highest BCUT2D eigenvalue weighted by atomic mass is 16.6. The van der Waals surface area contributed by atoms with Crippen molar-refractivity contribution in [3.8, 4) is 0 Å². The minimum Gasteiger partial charge on any atom is -0.447 e. The topological polar surface area (TPSA) is 49.8 Å². The molecule has 4 nitrogen and oxygen atoms in total. The molecule has 1 fully saturated rings. The molecule has 0 unspecified atom stereocenters. The molecule has 0 saturated carbocycles. The van der Waals surface area contributed by atoms with Crippen molar-refractivity contribution in [2.75, 3.05) is 13.7 Å². The zero-order valence-electron chi connectivity index (χ0n) is 7.65. The molecule has 0 spiro atoms. The molecule has 0 aliphatic carbocycles. The van der Waals surface area contributed by atoms with Gasteiger partial charge in [-0.1, -0.05) is 13.8 Å². The Morgan fingerprint density at radius 2 is 2.25 bits per heavy atom. The monoisotopic (exact) mass is 173 g/mol. The molecule has 0 aromatic rings. The number of aliphatic hydroxyl groups is 1. The number of rotatable bonds is 2. The van der Waals surface area contributed by atoms with Crippen LogP contribution in [0.2, 0.25) is 0 Å². The molecule has 0 aromatic carbocycles. The first-order valence-corrected chi connectivity index (χ1v) is 4.11. The molecule has 1 N–H and O–H groups in total. The summed E-state index contributed by atoms with van der Waals surface area (Å²) in [5.41, 5.74) is 0. The summed E-state index contributed by atoms with van der Waals surface area (Å²) >= 11 is 0. The number of cyclic esters (lactones) is 1. The average molecular weight is 173 g/mol. The predicted octanol–water partition coefficient (Wildman–Crippen LogP) is 0.454. The number of aliphatic hydroxyl groups excluding tert-OH is 1. The van der Waals surface area contributed by atoms with E-state index in [-0.39, 0.29) is 18.1 Å². The van der Waals surface area contributed by atoms with Crippen LogP contribution in [0.15, 0.2) is 0 Å². The lowest BCUT2D eigenvalue weighted by molar-refractivity contribution is 0.0572. The Balaban J connectivity index is 2.59. The molecule has 0 aromatic heterocycles. The van der Waals surface area contributed by atoms with Gasteiger partial charge in [0.2, 0.25) is 0 Å². The molecule has 4 heteroatoms. The second-order valence-electron chi connectivity index (χ2n) is 3.49. The van der Waals surface area contributed by atoms with E-state index in [2.05, 4.69) is 0 Å². The van der Waals surface area contributed by atoms with Gasteiger partial charge in [-0.05, 0) is 5.92 Å². The van der Waals surface area contributed by atoms with Crippen LogP contribution in [0.1, 0.15) is 13.8 Å². The van der Waals surface area contributed by atoms with E-state index in [0.29, 0.717) is 6.61 Å². The van der Waals surface area contributed by atoms with E-state index in [4.69, 9.17) is 4.74 Å². The van der Waals surface area contributed by atoms with Gasteiger partial charge in [0.15, 0.2) is 0 Å². The lowest BCUT2D eigenvalue weighted by atomic mass is 10.0. The highest BCUT2D eigenvalue weighted by molar-refractivity contribution is 5.69.